The van der Waals surface area contributed by atoms with Crippen molar-refractivity contribution in [2.45, 2.75) is 17.7 Å². The van der Waals surface area contributed by atoms with Crippen LogP contribution in [0, 0.1) is 0 Å². The van der Waals surface area contributed by atoms with Crippen LogP contribution < -0.4 is 9.64 Å². The van der Waals surface area contributed by atoms with Crippen LogP contribution in [0.5, 0.6) is 5.75 Å². The standard InChI is InChI=1S/C21H27NO3S/c23-13-3-14-24-15-10-18-6-8-19(9-7-18)25-16-11-22-12-17-26-21-5-2-1-4-20(21)22/h1-2,4-9,23H,3,10-17H2. The number of thioether (sulfide) groups is 1. The first-order valence-corrected chi connectivity index (χ1v) is 10.2. The molecule has 140 valence electrons. The summed E-state index contributed by atoms with van der Waals surface area (Å²) in [5.74, 6) is 2.04. The van der Waals surface area contributed by atoms with Crippen LogP contribution in [-0.2, 0) is 11.2 Å². The van der Waals surface area contributed by atoms with E-state index in [0.717, 1.165) is 31.0 Å². The topological polar surface area (TPSA) is 41.9 Å². The molecule has 0 fully saturated rings. The Kier molecular flexibility index (Phi) is 7.67. The molecule has 0 unspecified atom stereocenters. The van der Waals surface area contributed by atoms with E-state index in [1.54, 1.807) is 0 Å². The van der Waals surface area contributed by atoms with Crippen LogP contribution >= 0.6 is 11.8 Å². The van der Waals surface area contributed by atoms with E-state index in [2.05, 4.69) is 41.3 Å². The molecule has 26 heavy (non-hydrogen) atoms. The number of hydrogen-bond donors (Lipinski definition) is 1. The van der Waals surface area contributed by atoms with Gasteiger partial charge in [-0.3, -0.25) is 0 Å². The Bertz CT molecular complexity index is 663. The molecule has 1 aliphatic heterocycles. The first-order valence-electron chi connectivity index (χ1n) is 9.24. The number of anilines is 1. The lowest BCUT2D eigenvalue weighted by molar-refractivity contribution is 0.118. The highest BCUT2D eigenvalue weighted by Gasteiger charge is 2.16. The molecule has 0 atom stereocenters. The predicted octanol–water partition coefficient (Wildman–Crippen LogP) is 3.62. The minimum Gasteiger partial charge on any atom is -0.492 e. The third-order valence-corrected chi connectivity index (χ3v) is 5.40. The van der Waals surface area contributed by atoms with Gasteiger partial charge in [0.05, 0.1) is 18.8 Å². The fraction of sp³-hybridized carbons (Fsp3) is 0.429. The van der Waals surface area contributed by atoms with Crippen molar-refractivity contribution in [2.24, 2.45) is 0 Å². The molecule has 2 aromatic carbocycles. The second-order valence-electron chi connectivity index (χ2n) is 6.24. The van der Waals surface area contributed by atoms with E-state index in [9.17, 15) is 0 Å². The van der Waals surface area contributed by atoms with Crippen LogP contribution in [0.2, 0.25) is 0 Å². The second-order valence-corrected chi connectivity index (χ2v) is 7.37. The maximum absolute atomic E-state index is 8.72. The number of hydrogen-bond acceptors (Lipinski definition) is 5. The van der Waals surface area contributed by atoms with E-state index in [0.29, 0.717) is 26.2 Å². The van der Waals surface area contributed by atoms with Gasteiger partial charge >= 0.3 is 0 Å². The minimum atomic E-state index is 0.188. The summed E-state index contributed by atoms with van der Waals surface area (Å²) >= 11 is 1.93. The van der Waals surface area contributed by atoms with E-state index in [-0.39, 0.29) is 6.61 Å². The molecule has 0 amide bonds. The predicted molar refractivity (Wildman–Crippen MR) is 108 cm³/mol. The summed E-state index contributed by atoms with van der Waals surface area (Å²) < 4.78 is 11.4. The molecule has 0 aliphatic carbocycles. The average Bonchev–Trinajstić information content (AvgIpc) is 2.69. The monoisotopic (exact) mass is 373 g/mol. The second kappa shape index (κ2) is 10.5. The third-order valence-electron chi connectivity index (χ3n) is 4.36. The van der Waals surface area contributed by atoms with Crippen LogP contribution in [0.1, 0.15) is 12.0 Å². The number of aliphatic hydroxyl groups is 1. The largest absolute Gasteiger partial charge is 0.492 e. The molecule has 4 nitrogen and oxygen atoms in total. The van der Waals surface area contributed by atoms with Gasteiger partial charge in [-0.05, 0) is 42.7 Å². The molecule has 2 aromatic rings. The van der Waals surface area contributed by atoms with Crippen molar-refractivity contribution in [1.29, 1.82) is 0 Å². The summed E-state index contributed by atoms with van der Waals surface area (Å²) in [6, 6.07) is 16.8. The maximum Gasteiger partial charge on any atom is 0.119 e. The molecule has 5 heteroatoms. The summed E-state index contributed by atoms with van der Waals surface area (Å²) in [6.07, 6.45) is 1.58. The molecule has 1 N–H and O–H groups in total. The van der Waals surface area contributed by atoms with Crippen molar-refractivity contribution in [2.75, 3.05) is 50.2 Å². The SMILES string of the molecule is OCCCOCCc1ccc(OCCN2CCSc3ccccc32)cc1. The van der Waals surface area contributed by atoms with Crippen molar-refractivity contribution in [3.8, 4) is 5.75 Å². The first-order chi connectivity index (χ1) is 12.9. The quantitative estimate of drug-likeness (QED) is 0.644. The van der Waals surface area contributed by atoms with Crippen LogP contribution in [-0.4, -0.2) is 50.4 Å². The van der Waals surface area contributed by atoms with E-state index in [1.807, 2.05) is 23.9 Å². The Morgan fingerprint density at radius 1 is 1.00 bits per heavy atom. The van der Waals surface area contributed by atoms with Crippen molar-refractivity contribution >= 4 is 17.4 Å². The van der Waals surface area contributed by atoms with Gasteiger partial charge in [0.25, 0.3) is 0 Å². The zero-order valence-electron chi connectivity index (χ0n) is 15.1. The van der Waals surface area contributed by atoms with Gasteiger partial charge in [0.2, 0.25) is 0 Å². The smallest absolute Gasteiger partial charge is 0.119 e. The number of rotatable bonds is 10. The molecule has 3 rings (SSSR count). The van der Waals surface area contributed by atoms with Gasteiger partial charge in [0.15, 0.2) is 0 Å². The Hall–Kier alpha value is -1.69. The van der Waals surface area contributed by atoms with Crippen LogP contribution in [0.3, 0.4) is 0 Å². The van der Waals surface area contributed by atoms with Crippen molar-refractivity contribution < 1.29 is 14.6 Å². The van der Waals surface area contributed by atoms with Crippen LogP contribution in [0.15, 0.2) is 53.4 Å². The van der Waals surface area contributed by atoms with E-state index in [4.69, 9.17) is 14.6 Å². The fourth-order valence-electron chi connectivity index (χ4n) is 2.94. The molecule has 0 saturated heterocycles. The third kappa shape index (κ3) is 5.66. The minimum absolute atomic E-state index is 0.188. The number of benzene rings is 2. The van der Waals surface area contributed by atoms with Crippen LogP contribution in [0.4, 0.5) is 5.69 Å². The van der Waals surface area contributed by atoms with Gasteiger partial charge in [0, 0.05) is 30.4 Å². The molecule has 0 saturated carbocycles. The summed E-state index contributed by atoms with van der Waals surface area (Å²) in [5.41, 5.74) is 2.56. The van der Waals surface area contributed by atoms with E-state index < -0.39 is 0 Å². The van der Waals surface area contributed by atoms with Gasteiger partial charge in [-0.2, -0.15) is 0 Å². The van der Waals surface area contributed by atoms with Gasteiger partial charge in [-0.1, -0.05) is 24.3 Å². The summed E-state index contributed by atoms with van der Waals surface area (Å²) in [5, 5.41) is 8.72. The summed E-state index contributed by atoms with van der Waals surface area (Å²) in [6.45, 7) is 4.15. The maximum atomic E-state index is 8.72. The number of ether oxygens (including phenoxy) is 2. The summed E-state index contributed by atoms with van der Waals surface area (Å²) in [4.78, 5) is 3.77. The van der Waals surface area contributed by atoms with Gasteiger partial charge < -0.3 is 19.5 Å². The van der Waals surface area contributed by atoms with E-state index in [1.165, 1.54) is 16.1 Å². The summed E-state index contributed by atoms with van der Waals surface area (Å²) in [7, 11) is 0. The Balaban J connectivity index is 1.40. The molecule has 0 bridgehead atoms. The molecule has 0 radical (unpaired) electrons. The van der Waals surface area contributed by atoms with Gasteiger partial charge in [0.1, 0.15) is 12.4 Å². The van der Waals surface area contributed by atoms with Crippen molar-refractivity contribution in [1.82, 2.24) is 0 Å². The molecule has 0 spiro atoms. The Morgan fingerprint density at radius 3 is 2.69 bits per heavy atom. The first kappa shape index (κ1) is 19.1. The average molecular weight is 374 g/mol. The zero-order chi connectivity index (χ0) is 18.0. The highest BCUT2D eigenvalue weighted by atomic mass is 32.2. The lowest BCUT2D eigenvalue weighted by atomic mass is 10.1. The highest BCUT2D eigenvalue weighted by Crippen LogP contribution is 2.33. The lowest BCUT2D eigenvalue weighted by Crippen LogP contribution is -2.33. The molecular weight excluding hydrogens is 346 g/mol. The molecule has 0 aromatic heterocycles. The fourth-order valence-corrected chi connectivity index (χ4v) is 4.00. The normalized spacial score (nSPS) is 13.5. The van der Waals surface area contributed by atoms with Crippen molar-refractivity contribution in [3.63, 3.8) is 0 Å². The highest BCUT2D eigenvalue weighted by molar-refractivity contribution is 7.99. The number of fused-ring (bicyclic) bond motifs is 1. The Morgan fingerprint density at radius 2 is 1.85 bits per heavy atom. The molecule has 1 heterocycles. The number of aliphatic hydroxyl groups excluding tert-OH is 1. The Labute approximate surface area is 160 Å². The zero-order valence-corrected chi connectivity index (χ0v) is 15.9. The molecule has 1 aliphatic rings. The van der Waals surface area contributed by atoms with Gasteiger partial charge in [-0.25, -0.2) is 0 Å². The van der Waals surface area contributed by atoms with Crippen molar-refractivity contribution in [3.05, 3.63) is 54.1 Å². The number of nitrogens with zero attached hydrogens (tertiary/aromatic N) is 1. The lowest BCUT2D eigenvalue weighted by Gasteiger charge is -2.30. The molecular formula is C21H27NO3S. The van der Waals surface area contributed by atoms with Gasteiger partial charge in [-0.15, -0.1) is 11.8 Å². The van der Waals surface area contributed by atoms with Crippen LogP contribution in [0.25, 0.3) is 0 Å². The number of para-hydroxylation sites is 1. The van der Waals surface area contributed by atoms with E-state index >= 15 is 0 Å².